The van der Waals surface area contributed by atoms with Crippen molar-refractivity contribution in [3.05, 3.63) is 75.6 Å². The number of nitrogens with one attached hydrogen (secondary N) is 1. The fraction of sp³-hybridized carbons (Fsp3) is 0.333. The molecule has 12 heteroatoms. The molecule has 0 aliphatic heterocycles. The van der Waals surface area contributed by atoms with Gasteiger partial charge in [0.25, 0.3) is 5.91 Å². The number of primary amides is 1. The Kier molecular flexibility index (Phi) is 8.05. The second-order valence-electron chi connectivity index (χ2n) is 12.1. The molecule has 0 saturated heterocycles. The summed E-state index contributed by atoms with van der Waals surface area (Å²) in [6, 6.07) is 8.68. The number of Topliss-reactive ketones (excluding diaryl/α,β-unsaturated/α-hetero) is 2. The molecule has 3 aliphatic carbocycles. The molecule has 12 nitrogen and oxygen atoms in total. The molecular formula is C33H34N4O8. The summed E-state index contributed by atoms with van der Waals surface area (Å²) >= 11 is 0. The van der Waals surface area contributed by atoms with Crippen molar-refractivity contribution >= 4 is 34.8 Å². The average Bonchev–Trinajstić information content (AvgIpc) is 2.94. The van der Waals surface area contributed by atoms with Gasteiger partial charge in [0.15, 0.2) is 11.4 Å². The van der Waals surface area contributed by atoms with E-state index in [0.717, 1.165) is 0 Å². The number of anilines is 1. The Morgan fingerprint density at radius 2 is 1.69 bits per heavy atom. The van der Waals surface area contributed by atoms with Gasteiger partial charge < -0.3 is 36.4 Å². The smallest absolute Gasteiger partial charge is 0.255 e. The molecule has 1 fully saturated rings. The molecule has 0 heterocycles. The lowest BCUT2D eigenvalue weighted by atomic mass is 9.57. The number of likely N-dealkylation sites (N-methyl/N-ethyl adjacent to an activating group) is 2. The highest BCUT2D eigenvalue weighted by molar-refractivity contribution is 6.24. The zero-order valence-corrected chi connectivity index (χ0v) is 25.2. The van der Waals surface area contributed by atoms with E-state index >= 15 is 0 Å². The number of amides is 2. The average molecular weight is 615 g/mol. The lowest BCUT2D eigenvalue weighted by Crippen LogP contribution is -2.65. The first kappa shape index (κ1) is 31.5. The van der Waals surface area contributed by atoms with E-state index in [-0.39, 0.29) is 42.2 Å². The first-order valence-corrected chi connectivity index (χ1v) is 14.2. The monoisotopic (exact) mass is 614 g/mol. The van der Waals surface area contributed by atoms with Crippen LogP contribution in [-0.2, 0) is 25.6 Å². The zero-order valence-electron chi connectivity index (χ0n) is 25.2. The minimum atomic E-state index is -2.70. The summed E-state index contributed by atoms with van der Waals surface area (Å²) in [7, 11) is 6.68. The van der Waals surface area contributed by atoms with Crippen LogP contribution in [0, 0.1) is 23.7 Å². The summed E-state index contributed by atoms with van der Waals surface area (Å²) in [5, 5.41) is 47.6. The molecular weight excluding hydrogens is 580 g/mol. The minimum Gasteiger partial charge on any atom is -0.508 e. The van der Waals surface area contributed by atoms with Crippen molar-refractivity contribution in [1.29, 1.82) is 0 Å². The van der Waals surface area contributed by atoms with Crippen molar-refractivity contribution in [3.8, 4) is 17.6 Å². The summed E-state index contributed by atoms with van der Waals surface area (Å²) in [6.45, 7) is 0.238. The Morgan fingerprint density at radius 1 is 1.02 bits per heavy atom. The lowest BCUT2D eigenvalue weighted by molar-refractivity contribution is -0.153. The van der Waals surface area contributed by atoms with E-state index in [1.165, 1.54) is 11.0 Å². The maximum absolute atomic E-state index is 14.0. The molecule has 2 aromatic rings. The van der Waals surface area contributed by atoms with Gasteiger partial charge in [0, 0.05) is 28.3 Å². The molecule has 0 bridgehead atoms. The van der Waals surface area contributed by atoms with Crippen molar-refractivity contribution in [1.82, 2.24) is 9.80 Å². The molecule has 5 rings (SSSR count). The van der Waals surface area contributed by atoms with E-state index in [0.29, 0.717) is 22.4 Å². The number of hydrogen-bond acceptors (Lipinski definition) is 10. The number of benzene rings is 2. The number of rotatable bonds is 5. The van der Waals surface area contributed by atoms with Crippen LogP contribution in [0.1, 0.15) is 28.7 Å². The molecule has 2 amide bonds. The quantitative estimate of drug-likeness (QED) is 0.208. The van der Waals surface area contributed by atoms with E-state index < -0.39 is 58.0 Å². The molecule has 0 spiro atoms. The Hall–Kier alpha value is -4.96. The predicted octanol–water partition coefficient (Wildman–Crippen LogP) is 0.864. The van der Waals surface area contributed by atoms with Gasteiger partial charge >= 0.3 is 0 Å². The zero-order chi connectivity index (χ0) is 33.0. The number of phenols is 1. The van der Waals surface area contributed by atoms with Gasteiger partial charge in [-0.1, -0.05) is 11.8 Å². The minimum absolute atomic E-state index is 0.0186. The molecule has 7 N–H and O–H groups in total. The van der Waals surface area contributed by atoms with Gasteiger partial charge in [-0.05, 0) is 88.9 Å². The third-order valence-corrected chi connectivity index (χ3v) is 8.57. The highest BCUT2D eigenvalue weighted by atomic mass is 16.3. The Balaban J connectivity index is 1.54. The van der Waals surface area contributed by atoms with E-state index in [2.05, 4.69) is 17.2 Å². The normalized spacial score (nSPS) is 24.1. The fourth-order valence-corrected chi connectivity index (χ4v) is 6.63. The molecule has 0 aromatic heterocycles. The number of nitrogens with two attached hydrogens (primary N) is 1. The standard InChI is InChI=1S/C33H34N4O8/c1-36(2)15-23(39)35-19-10-6-16(7-11-19)5-8-17-9-12-22(38)25-20(17)13-18-14-21-27(37(3)4)29(41)26(32(34)44)31(43)33(21,45)30(42)24(18)28(25)40/h6-7,9-12,18,21,27,38,40,43,45H,13-15H2,1-4H3,(H2,34,44)(H,35,39)/t18-,21+,27-,33-/m1/s1. The first-order valence-electron chi connectivity index (χ1n) is 14.2. The fourth-order valence-electron chi connectivity index (χ4n) is 6.63. The first-order chi connectivity index (χ1) is 21.2. The molecule has 0 unspecified atom stereocenters. The highest BCUT2D eigenvalue weighted by Gasteiger charge is 2.64. The molecule has 0 radical (unpaired) electrons. The molecule has 45 heavy (non-hydrogen) atoms. The number of phenolic OH excluding ortho intramolecular Hbond substituents is 1. The Labute approximate surface area is 259 Å². The van der Waals surface area contributed by atoms with Crippen LogP contribution in [0.3, 0.4) is 0 Å². The van der Waals surface area contributed by atoms with Gasteiger partial charge in [-0.2, -0.15) is 0 Å². The highest BCUT2D eigenvalue weighted by Crippen LogP contribution is 2.52. The summed E-state index contributed by atoms with van der Waals surface area (Å²) in [5.41, 5.74) is 3.75. The van der Waals surface area contributed by atoms with E-state index in [1.807, 2.05) is 0 Å². The largest absolute Gasteiger partial charge is 0.508 e. The molecule has 234 valence electrons. The van der Waals surface area contributed by atoms with Gasteiger partial charge in [-0.15, -0.1) is 0 Å². The number of aliphatic hydroxyl groups excluding tert-OH is 2. The predicted molar refractivity (Wildman–Crippen MR) is 164 cm³/mol. The third kappa shape index (κ3) is 5.25. The van der Waals surface area contributed by atoms with Crippen LogP contribution in [0.2, 0.25) is 0 Å². The van der Waals surface area contributed by atoms with Gasteiger partial charge in [0.1, 0.15) is 22.8 Å². The molecule has 4 atom stereocenters. The van der Waals surface area contributed by atoms with Crippen LogP contribution in [0.25, 0.3) is 5.76 Å². The summed E-state index contributed by atoms with van der Waals surface area (Å²) < 4.78 is 0. The number of nitrogens with zero attached hydrogens (tertiary/aromatic N) is 2. The van der Waals surface area contributed by atoms with Crippen LogP contribution in [0.5, 0.6) is 5.75 Å². The SMILES string of the molecule is CN(C)CC(=O)Nc1ccc(C#Cc2ccc(O)c3c2C[C@@H]2C[C@H]4[C@@H](N(C)C)C(=O)C(C(N)=O)=C(O)[C@]4(O)C(=O)C2=C3O)cc1. The second-order valence-corrected chi connectivity index (χ2v) is 12.1. The van der Waals surface area contributed by atoms with Crippen LogP contribution < -0.4 is 11.1 Å². The van der Waals surface area contributed by atoms with Crippen molar-refractivity contribution in [2.45, 2.75) is 24.5 Å². The van der Waals surface area contributed by atoms with Gasteiger partial charge in [0.05, 0.1) is 18.2 Å². The molecule has 2 aromatic carbocycles. The molecule has 1 saturated carbocycles. The Morgan fingerprint density at radius 3 is 2.29 bits per heavy atom. The topological polar surface area (TPSA) is 194 Å². The van der Waals surface area contributed by atoms with Crippen molar-refractivity contribution in [2.75, 3.05) is 40.1 Å². The van der Waals surface area contributed by atoms with Crippen LogP contribution in [0.15, 0.2) is 53.3 Å². The van der Waals surface area contributed by atoms with Crippen LogP contribution >= 0.6 is 0 Å². The maximum atomic E-state index is 14.0. The number of carbonyl (C=O) groups is 4. The van der Waals surface area contributed by atoms with Gasteiger partial charge in [-0.25, -0.2) is 0 Å². The summed E-state index contributed by atoms with van der Waals surface area (Å²) in [4.78, 5) is 54.6. The summed E-state index contributed by atoms with van der Waals surface area (Å²) in [6.07, 6.45) is 0.110. The van der Waals surface area contributed by atoms with E-state index in [4.69, 9.17) is 5.73 Å². The molecule has 3 aliphatic rings. The van der Waals surface area contributed by atoms with Crippen molar-refractivity contribution < 1.29 is 39.6 Å². The van der Waals surface area contributed by atoms with Gasteiger partial charge in [-0.3, -0.25) is 24.1 Å². The lowest BCUT2D eigenvalue weighted by Gasteiger charge is -2.50. The third-order valence-electron chi connectivity index (χ3n) is 8.57. The number of aliphatic hydroxyl groups is 3. The van der Waals surface area contributed by atoms with Crippen LogP contribution in [-0.4, -0.2) is 100.0 Å². The second kappa shape index (κ2) is 11.5. The number of aromatic hydroxyl groups is 1. The van der Waals surface area contributed by atoms with E-state index in [1.54, 1.807) is 63.4 Å². The van der Waals surface area contributed by atoms with Gasteiger partial charge in [0.2, 0.25) is 11.7 Å². The maximum Gasteiger partial charge on any atom is 0.255 e. The van der Waals surface area contributed by atoms with Crippen molar-refractivity contribution in [3.63, 3.8) is 0 Å². The number of ketones is 2. The van der Waals surface area contributed by atoms with Crippen LogP contribution in [0.4, 0.5) is 5.69 Å². The number of carbonyl (C=O) groups excluding carboxylic acids is 4. The van der Waals surface area contributed by atoms with Crippen molar-refractivity contribution in [2.24, 2.45) is 17.6 Å². The Bertz CT molecular complexity index is 1760. The number of fused-ring (bicyclic) bond motifs is 3. The number of hydrogen-bond donors (Lipinski definition) is 6. The summed E-state index contributed by atoms with van der Waals surface area (Å²) in [5.74, 6) is -1.12. The van der Waals surface area contributed by atoms with E-state index in [9.17, 15) is 39.6 Å².